The maximum absolute atomic E-state index is 12.4. The van der Waals surface area contributed by atoms with Crippen molar-refractivity contribution in [3.63, 3.8) is 0 Å². The zero-order chi connectivity index (χ0) is 13.3. The van der Waals surface area contributed by atoms with Gasteiger partial charge in [0.15, 0.2) is 0 Å². The first-order valence-corrected chi connectivity index (χ1v) is 7.57. The molecule has 0 spiro atoms. The molecule has 3 fully saturated rings. The van der Waals surface area contributed by atoms with Crippen LogP contribution in [0.2, 0.25) is 0 Å². The maximum Gasteiger partial charge on any atom is 0.230 e. The summed E-state index contributed by atoms with van der Waals surface area (Å²) in [5.41, 5.74) is 1.87. The van der Waals surface area contributed by atoms with Crippen LogP contribution in [0.4, 0.5) is 5.95 Å². The normalized spacial score (nSPS) is 37.1. The van der Waals surface area contributed by atoms with Gasteiger partial charge in [0.2, 0.25) is 11.9 Å². The summed E-state index contributed by atoms with van der Waals surface area (Å²) in [5, 5.41) is 2.99. The summed E-state index contributed by atoms with van der Waals surface area (Å²) in [4.78, 5) is 20.0. The van der Waals surface area contributed by atoms with Crippen LogP contribution < -0.4 is 5.32 Å². The number of H-pyrrole nitrogens is 1. The van der Waals surface area contributed by atoms with Crippen LogP contribution in [0.1, 0.15) is 19.3 Å². The molecule has 1 heterocycles. The minimum atomic E-state index is 0.177. The van der Waals surface area contributed by atoms with E-state index < -0.39 is 0 Å². The molecule has 2 N–H and O–H groups in total. The molecule has 102 valence electrons. The van der Waals surface area contributed by atoms with Gasteiger partial charge in [-0.05, 0) is 55.1 Å². The van der Waals surface area contributed by atoms with Crippen molar-refractivity contribution in [1.29, 1.82) is 0 Å². The van der Waals surface area contributed by atoms with Crippen LogP contribution in [0.15, 0.2) is 24.3 Å². The van der Waals surface area contributed by atoms with E-state index in [0.29, 0.717) is 17.8 Å². The second-order valence-electron chi connectivity index (χ2n) is 6.61. The van der Waals surface area contributed by atoms with Crippen molar-refractivity contribution in [2.24, 2.45) is 29.6 Å². The van der Waals surface area contributed by atoms with Gasteiger partial charge in [-0.3, -0.25) is 10.1 Å². The molecule has 1 aromatic heterocycles. The lowest BCUT2D eigenvalue weighted by Crippen LogP contribution is -2.19. The molecule has 0 aliphatic heterocycles. The quantitative estimate of drug-likeness (QED) is 0.879. The predicted octanol–water partition coefficient (Wildman–Crippen LogP) is 2.79. The number of benzene rings is 1. The van der Waals surface area contributed by atoms with Gasteiger partial charge < -0.3 is 4.98 Å². The number of rotatable bonds is 2. The largest absolute Gasteiger partial charge is 0.324 e. The van der Waals surface area contributed by atoms with Crippen LogP contribution >= 0.6 is 0 Å². The Hall–Kier alpha value is -1.84. The van der Waals surface area contributed by atoms with Gasteiger partial charge in [0.05, 0.1) is 11.0 Å². The number of amides is 1. The summed E-state index contributed by atoms with van der Waals surface area (Å²) in [6.45, 7) is 0. The fourth-order valence-corrected chi connectivity index (χ4v) is 4.89. The van der Waals surface area contributed by atoms with Crippen LogP contribution in [-0.4, -0.2) is 15.9 Å². The molecule has 4 unspecified atom stereocenters. The third-order valence-electron chi connectivity index (χ3n) is 5.67. The second kappa shape index (κ2) is 3.62. The van der Waals surface area contributed by atoms with Gasteiger partial charge in [0.1, 0.15) is 0 Å². The Balaban J connectivity index is 1.36. The van der Waals surface area contributed by atoms with Crippen molar-refractivity contribution in [1.82, 2.24) is 9.97 Å². The van der Waals surface area contributed by atoms with Crippen LogP contribution in [0.25, 0.3) is 11.0 Å². The van der Waals surface area contributed by atoms with E-state index in [2.05, 4.69) is 15.3 Å². The number of nitrogens with one attached hydrogen (secondary N) is 2. The highest BCUT2D eigenvalue weighted by Gasteiger charge is 2.67. The SMILES string of the molecule is O=C(Nc1nc2ccccc2[nH]1)C1C2C3CCC(C3)C12. The monoisotopic (exact) mass is 267 g/mol. The maximum atomic E-state index is 12.4. The Bertz CT molecular complexity index is 658. The van der Waals surface area contributed by atoms with Crippen molar-refractivity contribution >= 4 is 22.9 Å². The zero-order valence-corrected chi connectivity index (χ0v) is 11.2. The third kappa shape index (κ3) is 1.37. The average Bonchev–Trinajstić information content (AvgIpc) is 2.78. The molecule has 20 heavy (non-hydrogen) atoms. The molecular formula is C16H17N3O. The minimum Gasteiger partial charge on any atom is -0.324 e. The van der Waals surface area contributed by atoms with E-state index in [9.17, 15) is 4.79 Å². The summed E-state index contributed by atoms with van der Waals surface area (Å²) in [6.07, 6.45) is 4.07. The van der Waals surface area contributed by atoms with E-state index in [-0.39, 0.29) is 11.8 Å². The summed E-state index contributed by atoms with van der Waals surface area (Å²) < 4.78 is 0. The first kappa shape index (κ1) is 10.9. The highest BCUT2D eigenvalue weighted by Crippen LogP contribution is 2.69. The van der Waals surface area contributed by atoms with E-state index in [1.54, 1.807) is 0 Å². The molecule has 4 atom stereocenters. The van der Waals surface area contributed by atoms with Crippen LogP contribution in [-0.2, 0) is 4.79 Å². The molecular weight excluding hydrogens is 250 g/mol. The van der Waals surface area contributed by atoms with Gasteiger partial charge in [0.25, 0.3) is 0 Å². The van der Waals surface area contributed by atoms with Crippen molar-refractivity contribution in [2.75, 3.05) is 5.32 Å². The van der Waals surface area contributed by atoms with E-state index >= 15 is 0 Å². The molecule has 3 aliphatic carbocycles. The summed E-state index contributed by atoms with van der Waals surface area (Å²) in [5.74, 6) is 4.04. The highest BCUT2D eigenvalue weighted by atomic mass is 16.2. The van der Waals surface area contributed by atoms with Gasteiger partial charge in [-0.2, -0.15) is 0 Å². The number of carbonyl (C=O) groups is 1. The standard InChI is InChI=1S/C16H17N3O/c20-15(14-12-8-5-6-9(7-8)13(12)14)19-16-17-10-3-1-2-4-11(10)18-16/h1-4,8-9,12-14H,5-7H2,(H2,17,18,19,20). The lowest BCUT2D eigenvalue weighted by Gasteiger charge is -2.07. The summed E-state index contributed by atoms with van der Waals surface area (Å²) in [7, 11) is 0. The lowest BCUT2D eigenvalue weighted by molar-refractivity contribution is -0.118. The van der Waals surface area contributed by atoms with Crippen molar-refractivity contribution in [3.05, 3.63) is 24.3 Å². The Morgan fingerprint density at radius 3 is 2.70 bits per heavy atom. The van der Waals surface area contributed by atoms with Gasteiger partial charge in [0, 0.05) is 5.92 Å². The number of para-hydroxylation sites is 2. The van der Waals surface area contributed by atoms with Crippen LogP contribution in [0.3, 0.4) is 0 Å². The molecule has 1 amide bonds. The molecule has 1 aromatic carbocycles. The third-order valence-corrected chi connectivity index (χ3v) is 5.67. The molecule has 5 rings (SSSR count). The second-order valence-corrected chi connectivity index (χ2v) is 6.61. The van der Waals surface area contributed by atoms with Crippen molar-refractivity contribution in [2.45, 2.75) is 19.3 Å². The Morgan fingerprint density at radius 1 is 1.20 bits per heavy atom. The molecule has 3 aliphatic rings. The van der Waals surface area contributed by atoms with E-state index in [1.807, 2.05) is 24.3 Å². The zero-order valence-electron chi connectivity index (χ0n) is 11.2. The van der Waals surface area contributed by atoms with E-state index in [0.717, 1.165) is 22.9 Å². The Kier molecular flexibility index (Phi) is 1.97. The average molecular weight is 267 g/mol. The van der Waals surface area contributed by atoms with E-state index in [1.165, 1.54) is 19.3 Å². The van der Waals surface area contributed by atoms with Crippen molar-refractivity contribution < 1.29 is 4.79 Å². The molecule has 2 aromatic rings. The molecule has 0 saturated heterocycles. The molecule has 4 nitrogen and oxygen atoms in total. The number of aromatic amines is 1. The first-order valence-electron chi connectivity index (χ1n) is 7.57. The number of anilines is 1. The van der Waals surface area contributed by atoms with Crippen LogP contribution in [0, 0.1) is 29.6 Å². The van der Waals surface area contributed by atoms with Gasteiger partial charge in [-0.1, -0.05) is 12.1 Å². The number of imidazole rings is 1. The predicted molar refractivity (Wildman–Crippen MR) is 76.0 cm³/mol. The molecule has 0 radical (unpaired) electrons. The number of hydrogen-bond donors (Lipinski definition) is 2. The summed E-state index contributed by atoms with van der Waals surface area (Å²) >= 11 is 0. The fraction of sp³-hybridized carbons (Fsp3) is 0.500. The van der Waals surface area contributed by atoms with E-state index in [4.69, 9.17) is 0 Å². The number of fused-ring (bicyclic) bond motifs is 6. The first-order chi connectivity index (χ1) is 9.81. The smallest absolute Gasteiger partial charge is 0.230 e. The van der Waals surface area contributed by atoms with Gasteiger partial charge in [-0.25, -0.2) is 4.98 Å². The number of nitrogens with zero attached hydrogens (tertiary/aromatic N) is 1. The Morgan fingerprint density at radius 2 is 1.95 bits per heavy atom. The Labute approximate surface area is 117 Å². The topological polar surface area (TPSA) is 57.8 Å². The number of hydrogen-bond acceptors (Lipinski definition) is 2. The van der Waals surface area contributed by atoms with Gasteiger partial charge in [-0.15, -0.1) is 0 Å². The van der Waals surface area contributed by atoms with Crippen LogP contribution in [0.5, 0.6) is 0 Å². The highest BCUT2D eigenvalue weighted by molar-refractivity contribution is 5.95. The molecule has 2 bridgehead atoms. The minimum absolute atomic E-state index is 0.177. The number of aromatic nitrogens is 2. The molecule has 3 saturated carbocycles. The lowest BCUT2D eigenvalue weighted by atomic mass is 10.0. The molecule has 4 heteroatoms. The number of carbonyl (C=O) groups excluding carboxylic acids is 1. The van der Waals surface area contributed by atoms with Gasteiger partial charge >= 0.3 is 0 Å². The summed E-state index contributed by atoms with van der Waals surface area (Å²) in [6, 6.07) is 7.85. The fourth-order valence-electron chi connectivity index (χ4n) is 4.89. The van der Waals surface area contributed by atoms with Crippen molar-refractivity contribution in [3.8, 4) is 0 Å².